The molecule has 2 aliphatic heterocycles. The molecule has 2 atom stereocenters. The zero-order chi connectivity index (χ0) is 16.9. The molecule has 0 aromatic heterocycles. The highest BCUT2D eigenvalue weighted by atomic mass is 16.5. The van der Waals surface area contributed by atoms with Crippen LogP contribution >= 0.6 is 0 Å². The summed E-state index contributed by atoms with van der Waals surface area (Å²) in [6.07, 6.45) is 4.68. The second kappa shape index (κ2) is 7.99. The summed E-state index contributed by atoms with van der Waals surface area (Å²) in [5, 5.41) is 0. The van der Waals surface area contributed by atoms with E-state index in [0.29, 0.717) is 18.7 Å². The number of carbonyl (C=O) groups excluding carboxylic acids is 1. The molecule has 0 saturated carbocycles. The van der Waals surface area contributed by atoms with Crippen molar-refractivity contribution in [3.8, 4) is 5.75 Å². The quantitative estimate of drug-likeness (QED) is 0.802. The van der Waals surface area contributed by atoms with E-state index in [4.69, 9.17) is 9.47 Å². The molecule has 2 fully saturated rings. The highest BCUT2D eigenvalue weighted by Gasteiger charge is 2.38. The van der Waals surface area contributed by atoms with Gasteiger partial charge in [0.05, 0.1) is 13.7 Å². The van der Waals surface area contributed by atoms with E-state index < -0.39 is 0 Å². The number of benzene rings is 1. The lowest BCUT2D eigenvalue weighted by atomic mass is 10.0. The van der Waals surface area contributed by atoms with Crippen LogP contribution < -0.4 is 4.74 Å². The molecule has 0 N–H and O–H groups in total. The second-order valence-corrected chi connectivity index (χ2v) is 6.83. The fourth-order valence-electron chi connectivity index (χ4n) is 4.03. The van der Waals surface area contributed by atoms with Gasteiger partial charge >= 0.3 is 0 Å². The minimum Gasteiger partial charge on any atom is -0.497 e. The molecule has 5 heteroatoms. The number of hydrogen-bond acceptors (Lipinski definition) is 4. The molecule has 24 heavy (non-hydrogen) atoms. The standard InChI is InChI=1S/C19H28N2O3/c1-20-10-4-8-17(20)18-9-5-11-21(18)19(22)14-24-13-15-6-3-7-16(12-15)23-2/h3,6-7,12,17-18H,4-5,8-11,13-14H2,1-2H3/t17-,18+/m0/s1. The van der Waals surface area contributed by atoms with Crippen molar-refractivity contribution >= 4 is 5.91 Å². The van der Waals surface area contributed by atoms with E-state index in [1.807, 2.05) is 24.3 Å². The Kier molecular flexibility index (Phi) is 5.74. The molecule has 1 aromatic carbocycles. The Morgan fingerprint density at radius 2 is 2.00 bits per heavy atom. The van der Waals surface area contributed by atoms with Crippen LogP contribution in [0.25, 0.3) is 0 Å². The second-order valence-electron chi connectivity index (χ2n) is 6.83. The van der Waals surface area contributed by atoms with Crippen molar-refractivity contribution < 1.29 is 14.3 Å². The van der Waals surface area contributed by atoms with Gasteiger partial charge in [-0.25, -0.2) is 0 Å². The highest BCUT2D eigenvalue weighted by Crippen LogP contribution is 2.29. The molecule has 0 bridgehead atoms. The topological polar surface area (TPSA) is 42.0 Å². The van der Waals surface area contributed by atoms with Gasteiger partial charge in [0, 0.05) is 18.6 Å². The average Bonchev–Trinajstić information content (AvgIpc) is 3.23. The number of carbonyl (C=O) groups is 1. The fraction of sp³-hybridized carbons (Fsp3) is 0.632. The van der Waals surface area contributed by atoms with E-state index >= 15 is 0 Å². The van der Waals surface area contributed by atoms with Gasteiger partial charge in [0.2, 0.25) is 5.91 Å². The monoisotopic (exact) mass is 332 g/mol. The minimum absolute atomic E-state index is 0.126. The molecule has 3 rings (SSSR count). The van der Waals surface area contributed by atoms with Crippen LogP contribution in [0.3, 0.4) is 0 Å². The zero-order valence-corrected chi connectivity index (χ0v) is 14.7. The van der Waals surface area contributed by atoms with E-state index in [0.717, 1.165) is 37.2 Å². The number of rotatable bonds is 6. The van der Waals surface area contributed by atoms with Gasteiger partial charge in [0.1, 0.15) is 12.4 Å². The van der Waals surface area contributed by atoms with Gasteiger partial charge in [-0.15, -0.1) is 0 Å². The number of nitrogens with zero attached hydrogens (tertiary/aromatic N) is 2. The van der Waals surface area contributed by atoms with Gasteiger partial charge in [0.15, 0.2) is 0 Å². The van der Waals surface area contributed by atoms with Gasteiger partial charge in [-0.2, -0.15) is 0 Å². The molecule has 0 unspecified atom stereocenters. The van der Waals surface area contributed by atoms with E-state index in [1.165, 1.54) is 12.8 Å². The van der Waals surface area contributed by atoms with Crippen LogP contribution in [0.15, 0.2) is 24.3 Å². The maximum Gasteiger partial charge on any atom is 0.248 e. The van der Waals surface area contributed by atoms with Crippen LogP contribution in [0.2, 0.25) is 0 Å². The Balaban J connectivity index is 1.50. The predicted molar refractivity (Wildman–Crippen MR) is 93.0 cm³/mol. The molecule has 0 radical (unpaired) electrons. The van der Waals surface area contributed by atoms with Crippen molar-refractivity contribution in [3.63, 3.8) is 0 Å². The molecule has 5 nitrogen and oxygen atoms in total. The van der Waals surface area contributed by atoms with E-state index in [-0.39, 0.29) is 12.5 Å². The SMILES string of the molecule is COc1cccc(COCC(=O)N2CCC[C@@H]2[C@@H]2CCCN2C)c1. The van der Waals surface area contributed by atoms with E-state index in [1.54, 1.807) is 7.11 Å². The van der Waals surface area contributed by atoms with Crippen LogP contribution in [-0.4, -0.2) is 61.6 Å². The van der Waals surface area contributed by atoms with Crippen LogP contribution in [0.1, 0.15) is 31.2 Å². The van der Waals surface area contributed by atoms with Gasteiger partial charge in [-0.1, -0.05) is 12.1 Å². The molecular formula is C19H28N2O3. The molecule has 2 heterocycles. The number of likely N-dealkylation sites (N-methyl/N-ethyl adjacent to an activating group) is 1. The summed E-state index contributed by atoms with van der Waals surface area (Å²) < 4.78 is 10.9. The smallest absolute Gasteiger partial charge is 0.248 e. The molecular weight excluding hydrogens is 304 g/mol. The van der Waals surface area contributed by atoms with E-state index in [9.17, 15) is 4.79 Å². The lowest BCUT2D eigenvalue weighted by Gasteiger charge is -2.33. The normalized spacial score (nSPS) is 24.5. The lowest BCUT2D eigenvalue weighted by molar-refractivity contribution is -0.138. The van der Waals surface area contributed by atoms with Gasteiger partial charge in [-0.05, 0) is 57.0 Å². The Labute approximate surface area is 144 Å². The van der Waals surface area contributed by atoms with Crippen molar-refractivity contribution in [3.05, 3.63) is 29.8 Å². The number of methoxy groups -OCH3 is 1. The summed E-state index contributed by atoms with van der Waals surface area (Å²) in [7, 11) is 3.83. The maximum absolute atomic E-state index is 12.6. The molecule has 0 spiro atoms. The van der Waals surface area contributed by atoms with Gasteiger partial charge in [0.25, 0.3) is 0 Å². The van der Waals surface area contributed by atoms with Crippen molar-refractivity contribution in [2.45, 2.75) is 44.4 Å². The summed E-state index contributed by atoms with van der Waals surface area (Å²) in [6, 6.07) is 8.66. The number of likely N-dealkylation sites (tertiary alicyclic amines) is 2. The molecule has 0 aliphatic carbocycles. The summed E-state index contributed by atoms with van der Waals surface area (Å²) >= 11 is 0. The average molecular weight is 332 g/mol. The first kappa shape index (κ1) is 17.2. The van der Waals surface area contributed by atoms with Crippen molar-refractivity contribution in [1.29, 1.82) is 0 Å². The van der Waals surface area contributed by atoms with Crippen LogP contribution in [0, 0.1) is 0 Å². The maximum atomic E-state index is 12.6. The van der Waals surface area contributed by atoms with E-state index in [2.05, 4.69) is 16.8 Å². The summed E-state index contributed by atoms with van der Waals surface area (Å²) in [5.41, 5.74) is 1.02. The van der Waals surface area contributed by atoms with Gasteiger partial charge in [-0.3, -0.25) is 4.79 Å². The third-order valence-corrected chi connectivity index (χ3v) is 5.27. The molecule has 2 aliphatic rings. The summed E-state index contributed by atoms with van der Waals surface area (Å²) in [4.78, 5) is 17.1. The molecule has 1 aromatic rings. The molecule has 132 valence electrons. The molecule has 1 amide bonds. The third-order valence-electron chi connectivity index (χ3n) is 5.27. The van der Waals surface area contributed by atoms with Crippen molar-refractivity contribution in [2.75, 3.05) is 33.9 Å². The Bertz CT molecular complexity index is 563. The highest BCUT2D eigenvalue weighted by molar-refractivity contribution is 5.78. The van der Waals surface area contributed by atoms with Crippen molar-refractivity contribution in [1.82, 2.24) is 9.80 Å². The largest absolute Gasteiger partial charge is 0.497 e. The zero-order valence-electron chi connectivity index (χ0n) is 14.7. The number of hydrogen-bond donors (Lipinski definition) is 0. The first-order valence-electron chi connectivity index (χ1n) is 8.89. The fourth-order valence-corrected chi connectivity index (χ4v) is 4.03. The number of amides is 1. The van der Waals surface area contributed by atoms with Gasteiger partial charge < -0.3 is 19.3 Å². The van der Waals surface area contributed by atoms with Crippen molar-refractivity contribution in [2.24, 2.45) is 0 Å². The Morgan fingerprint density at radius 1 is 1.21 bits per heavy atom. The Morgan fingerprint density at radius 3 is 2.75 bits per heavy atom. The first-order chi connectivity index (χ1) is 11.7. The predicted octanol–water partition coefficient (Wildman–Crippen LogP) is 2.30. The van der Waals surface area contributed by atoms with Crippen LogP contribution in [0.4, 0.5) is 0 Å². The first-order valence-corrected chi connectivity index (χ1v) is 8.89. The Hall–Kier alpha value is -1.59. The lowest BCUT2D eigenvalue weighted by Crippen LogP contribution is -2.48. The summed E-state index contributed by atoms with van der Waals surface area (Å²) in [5.74, 6) is 0.937. The third kappa shape index (κ3) is 3.90. The number of ether oxygens (including phenoxy) is 2. The molecule has 2 saturated heterocycles. The summed E-state index contributed by atoms with van der Waals surface area (Å²) in [6.45, 7) is 2.61. The minimum atomic E-state index is 0.126. The van der Waals surface area contributed by atoms with Crippen LogP contribution in [0.5, 0.6) is 5.75 Å². The van der Waals surface area contributed by atoms with Crippen LogP contribution in [-0.2, 0) is 16.1 Å².